The van der Waals surface area contributed by atoms with Crippen LogP contribution in [-0.4, -0.2) is 102 Å². The predicted molar refractivity (Wildman–Crippen MR) is 195 cm³/mol. The molecule has 15 heteroatoms. The molecule has 0 amide bonds. The van der Waals surface area contributed by atoms with Crippen LogP contribution < -0.4 is 29.0 Å². The number of aryl methyl sites for hydroxylation is 1. The summed E-state index contributed by atoms with van der Waals surface area (Å²) >= 11 is 1.47. The van der Waals surface area contributed by atoms with Crippen LogP contribution in [0.2, 0.25) is 0 Å². The minimum absolute atomic E-state index is 0.0226. The van der Waals surface area contributed by atoms with Crippen molar-refractivity contribution in [2.24, 2.45) is 0 Å². The molecule has 10 rings (SSSR count). The summed E-state index contributed by atoms with van der Waals surface area (Å²) in [7, 11) is 4.96. The molecular formula is C39H43N3O11S. The molecule has 3 aromatic carbocycles. The summed E-state index contributed by atoms with van der Waals surface area (Å²) < 4.78 is 35.9. The number of esters is 2. The number of nitrogens with zero attached hydrogens (tertiary/aromatic N) is 2. The van der Waals surface area contributed by atoms with Crippen molar-refractivity contribution in [1.29, 1.82) is 0 Å². The highest BCUT2D eigenvalue weighted by Crippen LogP contribution is 2.64. The van der Waals surface area contributed by atoms with Crippen molar-refractivity contribution < 1.29 is 53.3 Å². The van der Waals surface area contributed by atoms with Gasteiger partial charge in [-0.1, -0.05) is 6.07 Å². The molecule has 2 fully saturated rings. The quantitative estimate of drug-likeness (QED) is 0.226. The number of thioether (sulfide) groups is 1. The van der Waals surface area contributed by atoms with Crippen LogP contribution >= 0.6 is 11.8 Å². The highest BCUT2D eigenvalue weighted by molar-refractivity contribution is 7.99. The van der Waals surface area contributed by atoms with Gasteiger partial charge in [0.25, 0.3) is 0 Å². The SMILES string of the molecule is COc1cc2c(cc1O)CCN[C@]21CSC2c3c(OC(C)=O)c(C)c4c(c3C(COC1=O)N1C2C2c3c(cc(C)c(OC)c3O)CC([C@@H]1O)N2C)OCO4. The Labute approximate surface area is 316 Å². The maximum Gasteiger partial charge on any atom is 0.331 e. The van der Waals surface area contributed by atoms with Crippen molar-refractivity contribution in [2.45, 2.75) is 74.8 Å². The van der Waals surface area contributed by atoms with Gasteiger partial charge >= 0.3 is 11.9 Å². The molecule has 0 saturated carbocycles. The Morgan fingerprint density at radius 2 is 1.80 bits per heavy atom. The van der Waals surface area contributed by atoms with Crippen molar-refractivity contribution >= 4 is 23.7 Å². The van der Waals surface area contributed by atoms with Crippen molar-refractivity contribution in [1.82, 2.24) is 15.1 Å². The predicted octanol–water partition coefficient (Wildman–Crippen LogP) is 3.41. The van der Waals surface area contributed by atoms with E-state index in [0.29, 0.717) is 70.2 Å². The summed E-state index contributed by atoms with van der Waals surface area (Å²) in [6, 6.07) is 3.13. The number of hydrogen-bond donors (Lipinski definition) is 4. The number of benzene rings is 3. The number of rotatable bonds is 3. The monoisotopic (exact) mass is 761 g/mol. The highest BCUT2D eigenvalue weighted by Gasteiger charge is 2.61. The topological polar surface area (TPSA) is 169 Å². The van der Waals surface area contributed by atoms with Crippen molar-refractivity contribution in [3.05, 3.63) is 62.7 Å². The summed E-state index contributed by atoms with van der Waals surface area (Å²) in [5, 5.41) is 38.2. The minimum Gasteiger partial charge on any atom is -0.504 e. The van der Waals surface area contributed by atoms with Gasteiger partial charge in [-0.25, -0.2) is 4.79 Å². The van der Waals surface area contributed by atoms with Crippen LogP contribution in [0, 0.1) is 13.8 Å². The van der Waals surface area contributed by atoms with Gasteiger partial charge < -0.3 is 43.7 Å². The molecule has 286 valence electrons. The highest BCUT2D eigenvalue weighted by atomic mass is 32.2. The number of aromatic hydroxyl groups is 2. The lowest BCUT2D eigenvalue weighted by Crippen LogP contribution is -2.70. The number of hydrogen-bond acceptors (Lipinski definition) is 15. The average molecular weight is 762 g/mol. The van der Waals surface area contributed by atoms with E-state index in [-0.39, 0.29) is 42.4 Å². The fourth-order valence-corrected chi connectivity index (χ4v) is 11.7. The Balaban J connectivity index is 1.32. The van der Waals surface area contributed by atoms with E-state index < -0.39 is 47.1 Å². The molecule has 0 aliphatic carbocycles. The maximum atomic E-state index is 14.7. The van der Waals surface area contributed by atoms with Gasteiger partial charge in [-0.2, -0.15) is 0 Å². The van der Waals surface area contributed by atoms with Crippen LogP contribution in [0.1, 0.15) is 68.8 Å². The molecule has 2 saturated heterocycles. The van der Waals surface area contributed by atoms with E-state index in [1.54, 1.807) is 12.1 Å². The van der Waals surface area contributed by atoms with E-state index in [9.17, 15) is 24.9 Å². The Bertz CT molecular complexity index is 2130. The van der Waals surface area contributed by atoms with Crippen LogP contribution in [0.25, 0.3) is 0 Å². The number of fused-ring (bicyclic) bond motifs is 9. The smallest absolute Gasteiger partial charge is 0.331 e. The van der Waals surface area contributed by atoms with Crippen LogP contribution in [0.3, 0.4) is 0 Å². The summed E-state index contributed by atoms with van der Waals surface area (Å²) in [6.07, 6.45) is -0.0282. The van der Waals surface area contributed by atoms with Crippen LogP contribution in [-0.2, 0) is 32.7 Å². The number of aliphatic hydroxyl groups is 1. The third-order valence-electron chi connectivity index (χ3n) is 12.3. The first-order valence-corrected chi connectivity index (χ1v) is 19.1. The third-order valence-corrected chi connectivity index (χ3v) is 13.7. The summed E-state index contributed by atoms with van der Waals surface area (Å²) in [5.74, 6) is 0.949. The number of carbonyl (C=O) groups excluding carboxylic acids is 2. The molecule has 7 atom stereocenters. The Morgan fingerprint density at radius 1 is 1.02 bits per heavy atom. The molecule has 7 heterocycles. The van der Waals surface area contributed by atoms with E-state index in [2.05, 4.69) is 10.2 Å². The molecule has 0 aromatic heterocycles. The van der Waals surface area contributed by atoms with Gasteiger partial charge in [-0.05, 0) is 68.1 Å². The Hall–Kier alpha value is -4.41. The minimum atomic E-state index is -1.36. The number of piperazine rings is 1. The molecule has 54 heavy (non-hydrogen) atoms. The molecule has 3 aromatic rings. The van der Waals surface area contributed by atoms with Crippen molar-refractivity contribution in [2.75, 3.05) is 47.0 Å². The second-order valence-corrected chi connectivity index (χ2v) is 16.1. The number of phenols is 2. The van der Waals surface area contributed by atoms with Gasteiger partial charge in [-0.15, -0.1) is 11.8 Å². The Morgan fingerprint density at radius 3 is 2.54 bits per heavy atom. The number of phenolic OH excluding ortho intramolecular Hbond substituents is 2. The first-order chi connectivity index (χ1) is 25.9. The maximum absolute atomic E-state index is 14.7. The van der Waals surface area contributed by atoms with Gasteiger partial charge in [0.1, 0.15) is 18.6 Å². The Kier molecular flexibility index (Phi) is 8.21. The number of carbonyl (C=O) groups is 2. The van der Waals surface area contributed by atoms with Gasteiger partial charge in [-0.3, -0.25) is 19.9 Å². The fourth-order valence-electron chi connectivity index (χ4n) is 10.00. The van der Waals surface area contributed by atoms with Gasteiger partial charge in [0.05, 0.1) is 37.6 Å². The zero-order valence-electron chi connectivity index (χ0n) is 30.8. The number of methoxy groups -OCH3 is 2. The lowest BCUT2D eigenvalue weighted by Gasteiger charge is -2.62. The molecule has 1 spiro atoms. The summed E-state index contributed by atoms with van der Waals surface area (Å²) in [6.45, 7) is 5.26. The van der Waals surface area contributed by atoms with Crippen LogP contribution in [0.4, 0.5) is 0 Å². The standard InChI is InChI=1S/C39H43N3O11S/c1-16-9-20-10-22-37(46)42-23-13-50-38(47)39(21-12-25(48-5)24(44)11-19(21)7-8-40-39)14-54-36(30(42)29(41(22)4)26(20)31(45)32(16)49-6)28-27(23)35-34(51-15-52-35)17(2)33(28)53-18(3)43/h9,11-12,22-23,29-30,36-37,40,44-46H,7-8,10,13-15H2,1-6H3/t22?,23?,29?,30?,36?,37-,39+/m0/s1. The second-order valence-electron chi connectivity index (χ2n) is 14.9. The molecule has 7 aliphatic heterocycles. The fraction of sp³-hybridized carbons (Fsp3) is 0.487. The lowest BCUT2D eigenvalue weighted by atomic mass is 9.73. The number of aliphatic hydroxyl groups excluding tert-OH is 1. The van der Waals surface area contributed by atoms with Gasteiger partial charge in [0.2, 0.25) is 6.79 Å². The molecule has 0 radical (unpaired) electrons. The number of nitrogens with one attached hydrogen (secondary N) is 1. The van der Waals surface area contributed by atoms with Crippen molar-refractivity contribution in [3.63, 3.8) is 0 Å². The third kappa shape index (κ3) is 4.74. The molecule has 4 N–H and O–H groups in total. The van der Waals surface area contributed by atoms with Gasteiger partial charge in [0.15, 0.2) is 40.0 Å². The zero-order valence-corrected chi connectivity index (χ0v) is 31.7. The number of ether oxygens (including phenoxy) is 6. The van der Waals surface area contributed by atoms with Crippen molar-refractivity contribution in [3.8, 4) is 40.2 Å². The molecule has 14 nitrogen and oxygen atoms in total. The summed E-state index contributed by atoms with van der Waals surface area (Å²) in [5.41, 5.74) is 4.36. The average Bonchev–Trinajstić information content (AvgIpc) is 3.63. The normalized spacial score (nSPS) is 29.4. The molecule has 4 bridgehead atoms. The van der Waals surface area contributed by atoms with E-state index >= 15 is 0 Å². The van der Waals surface area contributed by atoms with Gasteiger partial charge in [0, 0.05) is 47.5 Å². The summed E-state index contributed by atoms with van der Waals surface area (Å²) in [4.78, 5) is 31.7. The van der Waals surface area contributed by atoms with Crippen LogP contribution in [0.15, 0.2) is 18.2 Å². The second kappa shape index (κ2) is 12.6. The zero-order chi connectivity index (χ0) is 38.0. The van der Waals surface area contributed by atoms with E-state index in [1.165, 1.54) is 32.9 Å². The molecular weight excluding hydrogens is 719 g/mol. The molecule has 7 aliphatic rings. The van der Waals surface area contributed by atoms with Crippen LogP contribution in [0.5, 0.6) is 40.2 Å². The number of likely N-dealkylation sites (N-methyl/N-ethyl adjacent to an activating group) is 1. The van der Waals surface area contributed by atoms with E-state index in [0.717, 1.165) is 16.7 Å². The van der Waals surface area contributed by atoms with E-state index in [4.69, 9.17) is 28.4 Å². The largest absolute Gasteiger partial charge is 0.504 e. The molecule has 5 unspecified atom stereocenters. The first-order valence-electron chi connectivity index (χ1n) is 18.1. The lowest BCUT2D eigenvalue weighted by molar-refractivity contribution is -0.186. The van der Waals surface area contributed by atoms with E-state index in [1.807, 2.05) is 31.9 Å². The first kappa shape index (κ1) is 35.3.